The van der Waals surface area contributed by atoms with Crippen molar-refractivity contribution in [3.63, 3.8) is 0 Å². The normalized spacial score (nSPS) is 11.0. The number of carboxylic acid groups (broad SMARTS) is 1. The van der Waals surface area contributed by atoms with Crippen molar-refractivity contribution >= 4 is 39.5 Å². The molecular formula is C14H7ClO4. The summed E-state index contributed by atoms with van der Waals surface area (Å²) in [6, 6.07) is 9.03. The predicted molar refractivity (Wildman–Crippen MR) is 72.0 cm³/mol. The van der Waals surface area contributed by atoms with Gasteiger partial charge >= 0.3 is 5.97 Å². The van der Waals surface area contributed by atoms with Crippen molar-refractivity contribution in [3.05, 3.63) is 57.2 Å². The van der Waals surface area contributed by atoms with Crippen LogP contribution in [0.3, 0.4) is 0 Å². The van der Waals surface area contributed by atoms with Gasteiger partial charge in [-0.05, 0) is 30.3 Å². The Bertz CT molecular complexity index is 880. The summed E-state index contributed by atoms with van der Waals surface area (Å²) in [4.78, 5) is 23.2. The number of carbonyl (C=O) groups is 1. The topological polar surface area (TPSA) is 67.5 Å². The first kappa shape index (κ1) is 11.7. The van der Waals surface area contributed by atoms with Gasteiger partial charge < -0.3 is 9.52 Å². The molecule has 2 aromatic carbocycles. The van der Waals surface area contributed by atoms with Crippen LogP contribution in [0.1, 0.15) is 10.4 Å². The van der Waals surface area contributed by atoms with E-state index in [1.807, 2.05) is 0 Å². The summed E-state index contributed by atoms with van der Waals surface area (Å²) in [5.74, 6) is -1.07. The molecule has 0 bridgehead atoms. The molecular weight excluding hydrogens is 268 g/mol. The molecule has 1 heterocycles. The fraction of sp³-hybridized carbons (Fsp3) is 0. The zero-order valence-electron chi connectivity index (χ0n) is 9.51. The monoisotopic (exact) mass is 274 g/mol. The Hall–Kier alpha value is -2.33. The standard InChI is InChI=1S/C14H7ClO4/c15-9-2-1-3-10-12(9)13(16)8-5-4-7(14(17)18)6-11(8)19-10/h1-6H,(H,17,18). The number of hydrogen-bond acceptors (Lipinski definition) is 3. The van der Waals surface area contributed by atoms with Crippen molar-refractivity contribution in [2.24, 2.45) is 0 Å². The van der Waals surface area contributed by atoms with Crippen LogP contribution < -0.4 is 5.43 Å². The molecule has 1 aromatic heterocycles. The highest BCUT2D eigenvalue weighted by Gasteiger charge is 2.12. The van der Waals surface area contributed by atoms with E-state index in [-0.39, 0.29) is 16.6 Å². The molecule has 0 radical (unpaired) electrons. The zero-order chi connectivity index (χ0) is 13.6. The zero-order valence-corrected chi connectivity index (χ0v) is 10.3. The second-order valence-electron chi connectivity index (χ2n) is 4.06. The molecule has 0 saturated heterocycles. The minimum absolute atomic E-state index is 0.0667. The van der Waals surface area contributed by atoms with Crippen LogP contribution >= 0.6 is 11.6 Å². The first-order chi connectivity index (χ1) is 9.08. The van der Waals surface area contributed by atoms with Gasteiger partial charge in [0.05, 0.1) is 21.4 Å². The Morgan fingerprint density at radius 2 is 1.95 bits per heavy atom. The SMILES string of the molecule is O=C(O)c1ccc2c(=O)c3c(Cl)cccc3oc2c1. The largest absolute Gasteiger partial charge is 0.478 e. The molecule has 0 spiro atoms. The van der Waals surface area contributed by atoms with Gasteiger partial charge in [-0.15, -0.1) is 0 Å². The number of hydrogen-bond donors (Lipinski definition) is 1. The van der Waals surface area contributed by atoms with E-state index in [1.54, 1.807) is 18.2 Å². The van der Waals surface area contributed by atoms with Gasteiger partial charge in [-0.25, -0.2) is 4.79 Å². The summed E-state index contributed by atoms with van der Waals surface area (Å²) in [6.45, 7) is 0. The average Bonchev–Trinajstić information content (AvgIpc) is 2.38. The summed E-state index contributed by atoms with van der Waals surface area (Å²) < 4.78 is 5.55. The van der Waals surface area contributed by atoms with Gasteiger partial charge in [0, 0.05) is 0 Å². The predicted octanol–water partition coefficient (Wildman–Crippen LogP) is 3.30. The highest BCUT2D eigenvalue weighted by Crippen LogP contribution is 2.24. The molecule has 0 fully saturated rings. The van der Waals surface area contributed by atoms with Gasteiger partial charge in [0.15, 0.2) is 0 Å². The molecule has 3 aromatic rings. The number of carboxylic acids is 1. The van der Waals surface area contributed by atoms with E-state index in [4.69, 9.17) is 21.1 Å². The lowest BCUT2D eigenvalue weighted by Gasteiger charge is -2.03. The smallest absolute Gasteiger partial charge is 0.335 e. The van der Waals surface area contributed by atoms with Gasteiger partial charge in [0.25, 0.3) is 0 Å². The fourth-order valence-corrected chi connectivity index (χ4v) is 2.24. The quantitative estimate of drug-likeness (QED) is 0.691. The third kappa shape index (κ3) is 1.77. The van der Waals surface area contributed by atoms with Crippen molar-refractivity contribution < 1.29 is 14.3 Å². The Labute approximate surface area is 111 Å². The maximum Gasteiger partial charge on any atom is 0.335 e. The van der Waals surface area contributed by atoms with E-state index in [0.717, 1.165) is 0 Å². The summed E-state index contributed by atoms with van der Waals surface area (Å²) >= 11 is 5.99. The number of rotatable bonds is 1. The highest BCUT2D eigenvalue weighted by molar-refractivity contribution is 6.35. The van der Waals surface area contributed by atoms with Crippen molar-refractivity contribution in [2.45, 2.75) is 0 Å². The van der Waals surface area contributed by atoms with Gasteiger partial charge in [-0.3, -0.25) is 4.79 Å². The van der Waals surface area contributed by atoms with E-state index in [2.05, 4.69) is 0 Å². The van der Waals surface area contributed by atoms with Gasteiger partial charge in [-0.2, -0.15) is 0 Å². The van der Waals surface area contributed by atoms with Gasteiger partial charge in [-0.1, -0.05) is 17.7 Å². The molecule has 3 rings (SSSR count). The van der Waals surface area contributed by atoms with Crippen molar-refractivity contribution in [1.82, 2.24) is 0 Å². The highest BCUT2D eigenvalue weighted by atomic mass is 35.5. The summed E-state index contributed by atoms with van der Waals surface area (Å²) in [7, 11) is 0. The van der Waals surface area contributed by atoms with E-state index in [9.17, 15) is 9.59 Å². The van der Waals surface area contributed by atoms with E-state index in [0.29, 0.717) is 21.4 Å². The third-order valence-corrected chi connectivity index (χ3v) is 3.21. The molecule has 94 valence electrons. The molecule has 0 aliphatic rings. The third-order valence-electron chi connectivity index (χ3n) is 2.90. The van der Waals surface area contributed by atoms with Crippen LogP contribution in [0.5, 0.6) is 0 Å². The molecule has 4 nitrogen and oxygen atoms in total. The van der Waals surface area contributed by atoms with Crippen molar-refractivity contribution in [2.75, 3.05) is 0 Å². The maximum absolute atomic E-state index is 12.3. The van der Waals surface area contributed by atoms with Crippen LogP contribution in [0, 0.1) is 0 Å². The molecule has 19 heavy (non-hydrogen) atoms. The Morgan fingerprint density at radius 3 is 2.68 bits per heavy atom. The minimum atomic E-state index is -1.07. The number of halogens is 1. The molecule has 0 saturated carbocycles. The lowest BCUT2D eigenvalue weighted by Crippen LogP contribution is -2.04. The lowest BCUT2D eigenvalue weighted by molar-refractivity contribution is 0.0697. The van der Waals surface area contributed by atoms with Crippen molar-refractivity contribution in [3.8, 4) is 0 Å². The molecule has 0 unspecified atom stereocenters. The maximum atomic E-state index is 12.3. The Balaban J connectivity index is 2.50. The van der Waals surface area contributed by atoms with E-state index < -0.39 is 5.97 Å². The number of benzene rings is 2. The summed E-state index contributed by atoms with van der Waals surface area (Å²) in [6.07, 6.45) is 0. The molecule has 5 heteroatoms. The Kier molecular flexibility index (Phi) is 2.54. The number of fused-ring (bicyclic) bond motifs is 2. The summed E-state index contributed by atoms with van der Waals surface area (Å²) in [5.41, 5.74) is 0.378. The van der Waals surface area contributed by atoms with Crippen LogP contribution in [0.15, 0.2) is 45.6 Å². The van der Waals surface area contributed by atoms with Crippen LogP contribution in [-0.4, -0.2) is 11.1 Å². The molecule has 0 amide bonds. The van der Waals surface area contributed by atoms with E-state index >= 15 is 0 Å². The van der Waals surface area contributed by atoms with Crippen LogP contribution in [0.25, 0.3) is 21.9 Å². The van der Waals surface area contributed by atoms with Gasteiger partial charge in [0.1, 0.15) is 11.2 Å². The second kappa shape index (κ2) is 4.10. The fourth-order valence-electron chi connectivity index (χ4n) is 1.99. The molecule has 0 aliphatic carbocycles. The molecule has 0 atom stereocenters. The minimum Gasteiger partial charge on any atom is -0.478 e. The second-order valence-corrected chi connectivity index (χ2v) is 4.47. The first-order valence-corrected chi connectivity index (χ1v) is 5.84. The summed E-state index contributed by atoms with van der Waals surface area (Å²) in [5, 5.41) is 9.86. The van der Waals surface area contributed by atoms with Gasteiger partial charge in [0.2, 0.25) is 5.43 Å². The van der Waals surface area contributed by atoms with E-state index in [1.165, 1.54) is 18.2 Å². The first-order valence-electron chi connectivity index (χ1n) is 5.46. The molecule has 1 N–H and O–H groups in total. The van der Waals surface area contributed by atoms with Crippen LogP contribution in [0.2, 0.25) is 5.02 Å². The lowest BCUT2D eigenvalue weighted by atomic mass is 10.1. The van der Waals surface area contributed by atoms with Crippen molar-refractivity contribution in [1.29, 1.82) is 0 Å². The molecule has 0 aliphatic heterocycles. The van der Waals surface area contributed by atoms with Crippen LogP contribution in [0.4, 0.5) is 0 Å². The number of aromatic carboxylic acids is 1. The average molecular weight is 275 g/mol. The Morgan fingerprint density at radius 1 is 1.16 bits per heavy atom. The van der Waals surface area contributed by atoms with Crippen LogP contribution in [-0.2, 0) is 0 Å².